The van der Waals surface area contributed by atoms with E-state index >= 15 is 0 Å². The molecule has 1 saturated heterocycles. The number of anilines is 5. The zero-order valence-electron chi connectivity index (χ0n) is 29.1. The largest absolute Gasteiger partial charge is 0.443 e. The molecule has 3 aliphatic rings. The number of hydrogen-bond acceptors (Lipinski definition) is 9. The van der Waals surface area contributed by atoms with Crippen LogP contribution in [-0.4, -0.2) is 94.1 Å². The van der Waals surface area contributed by atoms with Gasteiger partial charge in [0.25, 0.3) is 0 Å². The number of amides is 3. The maximum absolute atomic E-state index is 13.9. The summed E-state index contributed by atoms with van der Waals surface area (Å²) in [5.41, 5.74) is 6.04. The van der Waals surface area contributed by atoms with E-state index in [1.807, 2.05) is 80.1 Å². The topological polar surface area (TPSA) is 115 Å². The smallest absolute Gasteiger partial charge is 0.414 e. The first kappa shape index (κ1) is 32.4. The molecule has 1 unspecified atom stereocenters. The SMILES string of the molecule is CN1CCN(c2ccc(Nc3ncc4c(n3)N(C)C(=O)N(C3CCN(C(=O)OC(C)(C)C)c5ccccc53)C4)cc2-c2cnn(C)c2)CC1. The van der Waals surface area contributed by atoms with E-state index in [4.69, 9.17) is 9.72 Å². The van der Waals surface area contributed by atoms with Gasteiger partial charge in [-0.05, 0) is 64.1 Å². The molecule has 256 valence electrons. The second-order valence-corrected chi connectivity index (χ2v) is 14.1. The number of fused-ring (bicyclic) bond motifs is 2. The van der Waals surface area contributed by atoms with Gasteiger partial charge in [0.2, 0.25) is 5.95 Å². The van der Waals surface area contributed by atoms with E-state index < -0.39 is 5.60 Å². The van der Waals surface area contributed by atoms with Crippen molar-refractivity contribution >= 4 is 41.0 Å². The number of aryl methyl sites for hydroxylation is 1. The molecule has 3 amide bonds. The molecule has 13 nitrogen and oxygen atoms in total. The fraction of sp³-hybridized carbons (Fsp3) is 0.417. The summed E-state index contributed by atoms with van der Waals surface area (Å²) in [7, 11) is 5.83. The third kappa shape index (κ3) is 6.50. The highest BCUT2D eigenvalue weighted by atomic mass is 16.6. The number of carbonyl (C=O) groups is 2. The zero-order valence-corrected chi connectivity index (χ0v) is 29.1. The number of aromatic nitrogens is 4. The van der Waals surface area contributed by atoms with Crippen molar-refractivity contribution in [3.63, 3.8) is 0 Å². The van der Waals surface area contributed by atoms with E-state index in [1.165, 1.54) is 5.69 Å². The van der Waals surface area contributed by atoms with Crippen LogP contribution in [0.15, 0.2) is 61.1 Å². The molecule has 0 saturated carbocycles. The molecule has 0 bridgehead atoms. The van der Waals surface area contributed by atoms with Crippen LogP contribution in [0.25, 0.3) is 11.1 Å². The first-order valence-electron chi connectivity index (χ1n) is 16.8. The number of hydrogen-bond donors (Lipinski definition) is 1. The van der Waals surface area contributed by atoms with E-state index in [2.05, 4.69) is 44.4 Å². The summed E-state index contributed by atoms with van der Waals surface area (Å²) in [5.74, 6) is 0.979. The van der Waals surface area contributed by atoms with Gasteiger partial charge in [-0.2, -0.15) is 10.1 Å². The molecule has 1 atom stereocenters. The average Bonchev–Trinajstić information content (AvgIpc) is 3.52. The molecular weight excluding hydrogens is 620 g/mol. The van der Waals surface area contributed by atoms with Gasteiger partial charge in [0.1, 0.15) is 11.4 Å². The van der Waals surface area contributed by atoms with Gasteiger partial charge in [0, 0.05) is 87.3 Å². The Morgan fingerprint density at radius 1 is 0.959 bits per heavy atom. The van der Waals surface area contributed by atoms with Crippen molar-refractivity contribution in [1.29, 1.82) is 0 Å². The number of piperazine rings is 1. The van der Waals surface area contributed by atoms with Crippen molar-refractivity contribution < 1.29 is 14.3 Å². The van der Waals surface area contributed by atoms with E-state index in [9.17, 15) is 9.59 Å². The predicted octanol–water partition coefficient (Wildman–Crippen LogP) is 5.63. The second kappa shape index (κ2) is 12.7. The highest BCUT2D eigenvalue weighted by Gasteiger charge is 2.39. The van der Waals surface area contributed by atoms with Crippen LogP contribution < -0.4 is 20.0 Å². The van der Waals surface area contributed by atoms with Crippen molar-refractivity contribution in [2.24, 2.45) is 7.05 Å². The van der Waals surface area contributed by atoms with Crippen molar-refractivity contribution in [2.45, 2.75) is 45.4 Å². The maximum atomic E-state index is 13.9. The van der Waals surface area contributed by atoms with E-state index in [-0.39, 0.29) is 18.2 Å². The van der Waals surface area contributed by atoms with Gasteiger partial charge in [-0.1, -0.05) is 18.2 Å². The molecule has 2 aromatic heterocycles. The minimum Gasteiger partial charge on any atom is -0.443 e. The number of benzene rings is 2. The lowest BCUT2D eigenvalue weighted by molar-refractivity contribution is 0.0572. The van der Waals surface area contributed by atoms with Gasteiger partial charge in [-0.3, -0.25) is 14.5 Å². The van der Waals surface area contributed by atoms with Crippen molar-refractivity contribution in [3.05, 3.63) is 72.2 Å². The molecule has 0 spiro atoms. The summed E-state index contributed by atoms with van der Waals surface area (Å²) in [6.07, 6.45) is 5.90. The lowest BCUT2D eigenvalue weighted by Crippen LogP contribution is -2.50. The lowest BCUT2D eigenvalue weighted by atomic mass is 9.94. The molecule has 5 heterocycles. The summed E-state index contributed by atoms with van der Waals surface area (Å²) >= 11 is 0. The highest BCUT2D eigenvalue weighted by molar-refractivity contribution is 5.95. The van der Waals surface area contributed by atoms with Crippen LogP contribution in [-0.2, 0) is 18.3 Å². The van der Waals surface area contributed by atoms with Crippen LogP contribution in [0.5, 0.6) is 0 Å². The minimum atomic E-state index is -0.610. The molecular formula is C36H44N10O3. The maximum Gasteiger partial charge on any atom is 0.414 e. The molecule has 2 aromatic carbocycles. The van der Waals surface area contributed by atoms with Crippen LogP contribution >= 0.6 is 0 Å². The van der Waals surface area contributed by atoms with Crippen molar-refractivity contribution in [2.75, 3.05) is 66.8 Å². The van der Waals surface area contributed by atoms with Crippen molar-refractivity contribution in [3.8, 4) is 11.1 Å². The fourth-order valence-electron chi connectivity index (χ4n) is 6.87. The monoisotopic (exact) mass is 664 g/mol. The van der Waals surface area contributed by atoms with Gasteiger partial charge >= 0.3 is 12.1 Å². The molecule has 0 radical (unpaired) electrons. The molecule has 49 heavy (non-hydrogen) atoms. The first-order chi connectivity index (χ1) is 23.4. The Morgan fingerprint density at radius 3 is 2.47 bits per heavy atom. The standard InChI is InChI=1S/C36H44N10O3/c1-36(2,3)49-35(48)45-14-13-31(27-9-7-8-10-30(27)45)46-23-25-20-37-33(40-32(25)43(6)34(46)47)39-26-11-12-29(44-17-15-41(4)16-18-44)28(19-26)24-21-38-42(5)22-24/h7-12,19-22,31H,13-18,23H2,1-6H3,(H,37,39,40). The summed E-state index contributed by atoms with van der Waals surface area (Å²) in [5, 5.41) is 7.81. The van der Waals surface area contributed by atoms with Gasteiger partial charge in [-0.15, -0.1) is 0 Å². The van der Waals surface area contributed by atoms with Gasteiger partial charge in [0.15, 0.2) is 0 Å². The van der Waals surface area contributed by atoms with E-state index in [0.717, 1.165) is 59.8 Å². The Kier molecular flexibility index (Phi) is 8.39. The molecule has 13 heteroatoms. The van der Waals surface area contributed by atoms with Gasteiger partial charge in [0.05, 0.1) is 24.5 Å². The number of likely N-dealkylation sites (N-methyl/N-ethyl adjacent to an activating group) is 1. The molecule has 1 fully saturated rings. The number of carbonyl (C=O) groups excluding carboxylic acids is 2. The molecule has 4 aromatic rings. The predicted molar refractivity (Wildman–Crippen MR) is 190 cm³/mol. The fourth-order valence-corrected chi connectivity index (χ4v) is 6.87. The summed E-state index contributed by atoms with van der Waals surface area (Å²) in [6.45, 7) is 10.3. The molecule has 1 N–H and O–H groups in total. The summed E-state index contributed by atoms with van der Waals surface area (Å²) in [4.78, 5) is 46.4. The number of ether oxygens (including phenoxy) is 1. The molecule has 7 rings (SSSR count). The molecule has 0 aliphatic carbocycles. The molecule has 3 aliphatic heterocycles. The van der Waals surface area contributed by atoms with Gasteiger partial charge < -0.3 is 24.8 Å². The second-order valence-electron chi connectivity index (χ2n) is 14.1. The normalized spacial score (nSPS) is 18.3. The van der Waals surface area contributed by atoms with Crippen LogP contribution in [0.2, 0.25) is 0 Å². The van der Waals surface area contributed by atoms with E-state index in [0.29, 0.717) is 31.3 Å². The van der Waals surface area contributed by atoms with Crippen LogP contribution in [0.3, 0.4) is 0 Å². The quantitative estimate of drug-likeness (QED) is 0.290. The third-order valence-corrected chi connectivity index (χ3v) is 9.35. The number of rotatable bonds is 5. The number of urea groups is 1. The van der Waals surface area contributed by atoms with Crippen LogP contribution in [0, 0.1) is 0 Å². The third-order valence-electron chi connectivity index (χ3n) is 9.35. The van der Waals surface area contributed by atoms with Gasteiger partial charge in [-0.25, -0.2) is 14.6 Å². The summed E-state index contributed by atoms with van der Waals surface area (Å²) < 4.78 is 7.50. The first-order valence-corrected chi connectivity index (χ1v) is 16.8. The average molecular weight is 665 g/mol. The summed E-state index contributed by atoms with van der Waals surface area (Å²) in [6, 6.07) is 13.7. The Bertz CT molecular complexity index is 1880. The van der Waals surface area contributed by atoms with Crippen LogP contribution in [0.1, 0.15) is 44.4 Å². The number of nitrogens with one attached hydrogen (secondary N) is 1. The zero-order chi connectivity index (χ0) is 34.4. The van der Waals surface area contributed by atoms with E-state index in [1.54, 1.807) is 23.0 Å². The Hall–Kier alpha value is -5.17. The highest BCUT2D eigenvalue weighted by Crippen LogP contribution is 2.42. The Labute approximate surface area is 287 Å². The Balaban J connectivity index is 1.13. The lowest BCUT2D eigenvalue weighted by Gasteiger charge is -2.43. The minimum absolute atomic E-state index is 0.155. The van der Waals surface area contributed by atoms with Crippen LogP contribution in [0.4, 0.5) is 38.4 Å². The number of nitrogens with zero attached hydrogens (tertiary/aromatic N) is 9. The van der Waals surface area contributed by atoms with Crippen molar-refractivity contribution in [1.82, 2.24) is 29.5 Å². The number of para-hydroxylation sites is 1. The Morgan fingerprint density at radius 2 is 1.73 bits per heavy atom.